The van der Waals surface area contributed by atoms with Crippen LogP contribution in [0.4, 0.5) is 0 Å². The highest BCUT2D eigenvalue weighted by molar-refractivity contribution is 4.80. The second-order valence-corrected chi connectivity index (χ2v) is 3.88. The van der Waals surface area contributed by atoms with Crippen LogP contribution in [-0.4, -0.2) is 13.1 Å². The molecule has 1 rings (SSSR count). The minimum Gasteiger partial charge on any atom is -0.317 e. The lowest BCUT2D eigenvalue weighted by molar-refractivity contribution is 0.453. The van der Waals surface area contributed by atoms with Gasteiger partial charge in [0.1, 0.15) is 0 Å². The summed E-state index contributed by atoms with van der Waals surface area (Å²) < 4.78 is 0. The van der Waals surface area contributed by atoms with E-state index in [0.29, 0.717) is 0 Å². The Hall–Kier alpha value is -0.300. The van der Waals surface area contributed by atoms with Crippen LogP contribution < -0.4 is 5.32 Å². The van der Waals surface area contributed by atoms with Gasteiger partial charge in [0.15, 0.2) is 0 Å². The van der Waals surface area contributed by atoms with E-state index >= 15 is 0 Å². The maximum Gasteiger partial charge on any atom is 0.00668 e. The third-order valence-corrected chi connectivity index (χ3v) is 2.68. The molecule has 1 aliphatic carbocycles. The topological polar surface area (TPSA) is 12.0 Å². The Morgan fingerprint density at radius 2 is 2.33 bits per heavy atom. The van der Waals surface area contributed by atoms with Crippen LogP contribution in [0.2, 0.25) is 0 Å². The van der Waals surface area contributed by atoms with Crippen LogP contribution in [0.25, 0.3) is 0 Å². The Labute approximate surface area is 76.2 Å². The number of unbranched alkanes of at least 4 members (excludes halogenated alkanes) is 1. The summed E-state index contributed by atoms with van der Waals surface area (Å²) in [6, 6.07) is 0.762. The fourth-order valence-electron chi connectivity index (χ4n) is 1.64. The Morgan fingerprint density at radius 1 is 1.58 bits per heavy atom. The van der Waals surface area contributed by atoms with Crippen molar-refractivity contribution in [3.05, 3.63) is 12.7 Å². The zero-order valence-electron chi connectivity index (χ0n) is 8.18. The third-order valence-electron chi connectivity index (χ3n) is 2.68. The quantitative estimate of drug-likeness (QED) is 0.454. The first-order valence-electron chi connectivity index (χ1n) is 5.15. The minimum atomic E-state index is 0.762. The van der Waals surface area contributed by atoms with Crippen LogP contribution in [0.15, 0.2) is 12.7 Å². The standard InChI is InChI=1S/C11H21N/c1-3-4-5-6-11(12-2)9-10-7-8-10/h3,10-12H,1,4-9H2,2H3. The summed E-state index contributed by atoms with van der Waals surface area (Å²) in [4.78, 5) is 0. The average molecular weight is 167 g/mol. The molecule has 0 bridgehead atoms. The maximum absolute atomic E-state index is 3.74. The van der Waals surface area contributed by atoms with Crippen LogP contribution in [0.3, 0.4) is 0 Å². The summed E-state index contributed by atoms with van der Waals surface area (Å²) in [6.07, 6.45) is 10.1. The van der Waals surface area contributed by atoms with Gasteiger partial charge < -0.3 is 5.32 Å². The normalized spacial score (nSPS) is 19.1. The number of hydrogen-bond donors (Lipinski definition) is 1. The second-order valence-electron chi connectivity index (χ2n) is 3.88. The largest absolute Gasteiger partial charge is 0.317 e. The van der Waals surface area contributed by atoms with Crippen molar-refractivity contribution < 1.29 is 0 Å². The van der Waals surface area contributed by atoms with E-state index in [2.05, 4.69) is 18.9 Å². The zero-order chi connectivity index (χ0) is 8.81. The van der Waals surface area contributed by atoms with Crippen molar-refractivity contribution in [3.8, 4) is 0 Å². The predicted octanol–water partition coefficient (Wildman–Crippen LogP) is 2.73. The first-order valence-corrected chi connectivity index (χ1v) is 5.15. The van der Waals surface area contributed by atoms with E-state index in [0.717, 1.165) is 12.0 Å². The maximum atomic E-state index is 3.74. The monoisotopic (exact) mass is 167 g/mol. The molecule has 0 saturated heterocycles. The fourth-order valence-corrected chi connectivity index (χ4v) is 1.64. The molecular formula is C11H21N. The molecule has 0 aromatic rings. The summed E-state index contributed by atoms with van der Waals surface area (Å²) in [5.74, 6) is 1.05. The van der Waals surface area contributed by atoms with Crippen LogP contribution in [0.5, 0.6) is 0 Å². The highest BCUT2D eigenvalue weighted by atomic mass is 14.9. The van der Waals surface area contributed by atoms with Gasteiger partial charge in [0.25, 0.3) is 0 Å². The van der Waals surface area contributed by atoms with E-state index in [9.17, 15) is 0 Å². The van der Waals surface area contributed by atoms with Crippen molar-refractivity contribution in [1.82, 2.24) is 5.32 Å². The van der Waals surface area contributed by atoms with Gasteiger partial charge in [-0.05, 0) is 38.6 Å². The van der Waals surface area contributed by atoms with Gasteiger partial charge in [-0.2, -0.15) is 0 Å². The van der Waals surface area contributed by atoms with Crippen LogP contribution in [0, 0.1) is 5.92 Å². The zero-order valence-corrected chi connectivity index (χ0v) is 8.18. The molecule has 1 fully saturated rings. The molecule has 1 nitrogen and oxygen atoms in total. The summed E-state index contributed by atoms with van der Waals surface area (Å²) in [5.41, 5.74) is 0. The van der Waals surface area contributed by atoms with Crippen LogP contribution in [-0.2, 0) is 0 Å². The summed E-state index contributed by atoms with van der Waals surface area (Å²) >= 11 is 0. The van der Waals surface area contributed by atoms with Gasteiger partial charge in [-0.3, -0.25) is 0 Å². The Bertz CT molecular complexity index is 127. The Morgan fingerprint density at radius 3 is 2.83 bits per heavy atom. The molecule has 0 aromatic heterocycles. The molecule has 0 aromatic carbocycles. The van der Waals surface area contributed by atoms with Crippen molar-refractivity contribution in [3.63, 3.8) is 0 Å². The SMILES string of the molecule is C=CCCCC(CC1CC1)NC. The van der Waals surface area contributed by atoms with Crippen LogP contribution >= 0.6 is 0 Å². The van der Waals surface area contributed by atoms with E-state index in [4.69, 9.17) is 0 Å². The molecule has 1 heteroatoms. The predicted molar refractivity (Wildman–Crippen MR) is 54.2 cm³/mol. The van der Waals surface area contributed by atoms with Crippen molar-refractivity contribution in [2.45, 2.75) is 44.6 Å². The molecule has 1 unspecified atom stereocenters. The molecule has 1 aliphatic rings. The Kier molecular flexibility index (Phi) is 4.37. The minimum absolute atomic E-state index is 0.762. The number of hydrogen-bond acceptors (Lipinski definition) is 1. The molecule has 0 aliphatic heterocycles. The van der Waals surface area contributed by atoms with Gasteiger partial charge in [-0.15, -0.1) is 6.58 Å². The first-order chi connectivity index (χ1) is 5.86. The molecule has 0 radical (unpaired) electrons. The highest BCUT2D eigenvalue weighted by Crippen LogP contribution is 2.34. The highest BCUT2D eigenvalue weighted by Gasteiger charge is 2.24. The average Bonchev–Trinajstić information content (AvgIpc) is 2.87. The van der Waals surface area contributed by atoms with Crippen molar-refractivity contribution in [2.24, 2.45) is 5.92 Å². The lowest BCUT2D eigenvalue weighted by atomic mass is 10.0. The second kappa shape index (κ2) is 5.36. The van der Waals surface area contributed by atoms with Gasteiger partial charge in [0.2, 0.25) is 0 Å². The summed E-state index contributed by atoms with van der Waals surface area (Å²) in [7, 11) is 2.08. The molecular weight excluding hydrogens is 146 g/mol. The summed E-state index contributed by atoms with van der Waals surface area (Å²) in [6.45, 7) is 3.74. The van der Waals surface area contributed by atoms with Gasteiger partial charge in [0.05, 0.1) is 0 Å². The van der Waals surface area contributed by atoms with Crippen molar-refractivity contribution >= 4 is 0 Å². The molecule has 0 heterocycles. The summed E-state index contributed by atoms with van der Waals surface area (Å²) in [5, 5.41) is 3.40. The Balaban J connectivity index is 2.02. The smallest absolute Gasteiger partial charge is 0.00668 e. The van der Waals surface area contributed by atoms with Crippen molar-refractivity contribution in [1.29, 1.82) is 0 Å². The number of nitrogens with one attached hydrogen (secondary N) is 1. The number of rotatable bonds is 7. The van der Waals surface area contributed by atoms with E-state index in [1.54, 1.807) is 0 Å². The van der Waals surface area contributed by atoms with E-state index in [1.807, 2.05) is 6.08 Å². The molecule has 12 heavy (non-hydrogen) atoms. The number of allylic oxidation sites excluding steroid dienone is 1. The lowest BCUT2D eigenvalue weighted by Crippen LogP contribution is -2.25. The molecule has 0 amide bonds. The van der Waals surface area contributed by atoms with E-state index in [1.165, 1.54) is 38.5 Å². The third kappa shape index (κ3) is 3.91. The van der Waals surface area contributed by atoms with Gasteiger partial charge in [0, 0.05) is 6.04 Å². The van der Waals surface area contributed by atoms with Crippen molar-refractivity contribution in [2.75, 3.05) is 7.05 Å². The van der Waals surface area contributed by atoms with E-state index in [-0.39, 0.29) is 0 Å². The lowest BCUT2D eigenvalue weighted by Gasteiger charge is -2.14. The molecule has 0 spiro atoms. The molecule has 1 atom stereocenters. The first kappa shape index (κ1) is 9.79. The van der Waals surface area contributed by atoms with Gasteiger partial charge in [-0.1, -0.05) is 18.9 Å². The molecule has 1 N–H and O–H groups in total. The van der Waals surface area contributed by atoms with Gasteiger partial charge >= 0.3 is 0 Å². The van der Waals surface area contributed by atoms with E-state index < -0.39 is 0 Å². The molecule has 1 saturated carbocycles. The fraction of sp³-hybridized carbons (Fsp3) is 0.818. The van der Waals surface area contributed by atoms with Crippen LogP contribution in [0.1, 0.15) is 38.5 Å². The van der Waals surface area contributed by atoms with Gasteiger partial charge in [-0.25, -0.2) is 0 Å². The molecule has 70 valence electrons.